The third-order valence-corrected chi connectivity index (χ3v) is 7.98. The van der Waals surface area contributed by atoms with Gasteiger partial charge in [0.25, 0.3) is 10.0 Å². The lowest BCUT2D eigenvalue weighted by molar-refractivity contribution is 0.125. The van der Waals surface area contributed by atoms with Crippen molar-refractivity contribution in [1.29, 1.82) is 0 Å². The van der Waals surface area contributed by atoms with Crippen LogP contribution in [-0.2, 0) is 20.0 Å². The predicted molar refractivity (Wildman–Crippen MR) is 116 cm³/mol. The van der Waals surface area contributed by atoms with Crippen molar-refractivity contribution in [1.82, 2.24) is 9.62 Å². The van der Waals surface area contributed by atoms with Crippen molar-refractivity contribution in [2.24, 2.45) is 5.92 Å². The Labute approximate surface area is 182 Å². The van der Waals surface area contributed by atoms with Crippen LogP contribution in [0.25, 0.3) is 0 Å². The fourth-order valence-electron chi connectivity index (χ4n) is 3.28. The first-order valence-corrected chi connectivity index (χ1v) is 12.7. The maximum atomic E-state index is 12.7. The highest BCUT2D eigenvalue weighted by molar-refractivity contribution is 7.93. The molecule has 1 amide bonds. The van der Waals surface area contributed by atoms with Crippen LogP contribution < -0.4 is 9.44 Å². The maximum absolute atomic E-state index is 12.7. The van der Waals surface area contributed by atoms with E-state index < -0.39 is 26.1 Å². The lowest BCUT2D eigenvalue weighted by Crippen LogP contribution is -2.40. The molecule has 168 valence electrons. The number of carboxylic acid groups (broad SMARTS) is 1. The van der Waals surface area contributed by atoms with Gasteiger partial charge in [0.15, 0.2) is 0 Å². The average molecular weight is 468 g/mol. The zero-order chi connectivity index (χ0) is 22.6. The zero-order valence-electron chi connectivity index (χ0n) is 17.0. The molecule has 1 heterocycles. The van der Waals surface area contributed by atoms with Gasteiger partial charge in [0.1, 0.15) is 0 Å². The zero-order valence-corrected chi connectivity index (χ0v) is 18.6. The Morgan fingerprint density at radius 2 is 1.58 bits per heavy atom. The highest BCUT2D eigenvalue weighted by Crippen LogP contribution is 2.21. The molecule has 0 unspecified atom stereocenters. The minimum Gasteiger partial charge on any atom is -0.465 e. The van der Waals surface area contributed by atoms with Gasteiger partial charge in [-0.2, -0.15) is 0 Å². The third kappa shape index (κ3) is 5.96. The first-order valence-electron chi connectivity index (χ1n) is 9.74. The van der Waals surface area contributed by atoms with E-state index in [-0.39, 0.29) is 22.3 Å². The summed E-state index contributed by atoms with van der Waals surface area (Å²) in [4.78, 5) is 12.0. The van der Waals surface area contributed by atoms with Gasteiger partial charge in [0, 0.05) is 25.3 Å². The van der Waals surface area contributed by atoms with Gasteiger partial charge in [0.05, 0.1) is 9.79 Å². The summed E-state index contributed by atoms with van der Waals surface area (Å²) in [6.07, 6.45) is 0.143. The molecule has 31 heavy (non-hydrogen) atoms. The van der Waals surface area contributed by atoms with Crippen LogP contribution in [0.1, 0.15) is 18.4 Å². The van der Waals surface area contributed by atoms with Crippen molar-refractivity contribution in [3.05, 3.63) is 54.1 Å². The summed E-state index contributed by atoms with van der Waals surface area (Å²) in [5.41, 5.74) is 1.36. The van der Waals surface area contributed by atoms with Gasteiger partial charge in [-0.15, -0.1) is 0 Å². The molecule has 1 aliphatic heterocycles. The number of benzene rings is 2. The van der Waals surface area contributed by atoms with E-state index >= 15 is 0 Å². The molecule has 11 heteroatoms. The van der Waals surface area contributed by atoms with Crippen LogP contribution in [0.2, 0.25) is 0 Å². The minimum atomic E-state index is -3.96. The Bertz CT molecular complexity index is 1140. The monoisotopic (exact) mass is 467 g/mol. The number of amides is 1. The smallest absolute Gasteiger partial charge is 0.407 e. The van der Waals surface area contributed by atoms with Crippen LogP contribution in [0.5, 0.6) is 0 Å². The molecule has 0 atom stereocenters. The summed E-state index contributed by atoms with van der Waals surface area (Å²) in [5, 5.41) is 8.99. The largest absolute Gasteiger partial charge is 0.465 e. The second-order valence-electron chi connectivity index (χ2n) is 7.51. The van der Waals surface area contributed by atoms with E-state index in [0.29, 0.717) is 31.6 Å². The van der Waals surface area contributed by atoms with E-state index in [0.717, 1.165) is 11.6 Å². The Hall–Kier alpha value is -2.63. The molecule has 0 radical (unpaired) electrons. The fraction of sp³-hybridized carbons (Fsp3) is 0.350. The molecule has 3 rings (SSSR count). The first-order chi connectivity index (χ1) is 14.6. The molecule has 0 aliphatic carbocycles. The molecular formula is C20H25N3O6S2. The normalized spacial score (nSPS) is 15.6. The van der Waals surface area contributed by atoms with E-state index in [2.05, 4.69) is 9.44 Å². The number of piperidine rings is 1. The Morgan fingerprint density at radius 3 is 2.16 bits per heavy atom. The number of rotatable bonds is 7. The van der Waals surface area contributed by atoms with Gasteiger partial charge in [0.2, 0.25) is 10.0 Å². The van der Waals surface area contributed by atoms with Crippen LogP contribution in [0, 0.1) is 12.8 Å². The van der Waals surface area contributed by atoms with Gasteiger partial charge in [-0.05, 0) is 56.0 Å². The van der Waals surface area contributed by atoms with E-state index in [9.17, 15) is 21.6 Å². The molecule has 3 N–H and O–H groups in total. The van der Waals surface area contributed by atoms with E-state index in [4.69, 9.17) is 5.11 Å². The van der Waals surface area contributed by atoms with E-state index in [1.54, 1.807) is 24.3 Å². The predicted octanol–water partition coefficient (Wildman–Crippen LogP) is 2.46. The first kappa shape index (κ1) is 23.0. The molecule has 0 aromatic heterocycles. The van der Waals surface area contributed by atoms with Crippen molar-refractivity contribution in [2.75, 3.05) is 24.4 Å². The molecule has 1 fully saturated rings. The quantitative estimate of drug-likeness (QED) is 0.573. The molecular weight excluding hydrogens is 442 g/mol. The number of likely N-dealkylation sites (tertiary alicyclic amines) is 1. The number of hydrogen-bond donors (Lipinski definition) is 3. The van der Waals surface area contributed by atoms with E-state index in [1.807, 2.05) is 6.92 Å². The maximum Gasteiger partial charge on any atom is 0.407 e. The molecule has 0 spiro atoms. The Morgan fingerprint density at radius 1 is 1.00 bits per heavy atom. The van der Waals surface area contributed by atoms with Crippen molar-refractivity contribution >= 4 is 31.8 Å². The number of nitrogens with one attached hydrogen (secondary N) is 2. The van der Waals surface area contributed by atoms with Gasteiger partial charge in [-0.25, -0.2) is 26.4 Å². The van der Waals surface area contributed by atoms with Gasteiger partial charge in [-0.3, -0.25) is 4.72 Å². The Kier molecular flexibility index (Phi) is 6.87. The summed E-state index contributed by atoms with van der Waals surface area (Å²) >= 11 is 0. The number of aryl methyl sites for hydroxylation is 1. The molecule has 0 bridgehead atoms. The standard InChI is InChI=1S/C20H25N3O6S2/c1-15-5-7-17(8-6-15)22-31(28,29)19-4-2-3-18(13-19)30(26,27)21-14-16-9-11-23(12-10-16)20(24)25/h2-8,13,16,21-22H,9-12,14H2,1H3,(H,24,25). The number of hydrogen-bond acceptors (Lipinski definition) is 5. The molecule has 9 nitrogen and oxygen atoms in total. The summed E-state index contributed by atoms with van der Waals surface area (Å²) in [5.74, 6) is 0.0143. The number of anilines is 1. The van der Waals surface area contributed by atoms with Gasteiger partial charge < -0.3 is 10.0 Å². The number of carbonyl (C=O) groups is 1. The second-order valence-corrected chi connectivity index (χ2v) is 11.0. The van der Waals surface area contributed by atoms with Gasteiger partial charge >= 0.3 is 6.09 Å². The molecule has 2 aromatic carbocycles. The van der Waals surface area contributed by atoms with Crippen molar-refractivity contribution < 1.29 is 26.7 Å². The summed E-state index contributed by atoms with van der Waals surface area (Å²) in [7, 11) is -7.88. The van der Waals surface area contributed by atoms with Crippen molar-refractivity contribution in [3.63, 3.8) is 0 Å². The SMILES string of the molecule is Cc1ccc(NS(=O)(=O)c2cccc(S(=O)(=O)NCC3CCN(C(=O)O)CC3)c2)cc1. The van der Waals surface area contributed by atoms with Crippen LogP contribution in [0.15, 0.2) is 58.3 Å². The molecule has 1 aliphatic rings. The second kappa shape index (κ2) is 9.25. The third-order valence-electron chi connectivity index (χ3n) is 5.18. The highest BCUT2D eigenvalue weighted by atomic mass is 32.2. The molecule has 0 saturated carbocycles. The summed E-state index contributed by atoms with van der Waals surface area (Å²) in [6, 6.07) is 12.0. The number of sulfonamides is 2. The summed E-state index contributed by atoms with van der Waals surface area (Å²) < 4.78 is 55.7. The van der Waals surface area contributed by atoms with Crippen LogP contribution in [0.3, 0.4) is 0 Å². The summed E-state index contributed by atoms with van der Waals surface area (Å²) in [6.45, 7) is 2.77. The number of nitrogens with zero attached hydrogens (tertiary/aromatic N) is 1. The fourth-order valence-corrected chi connectivity index (χ4v) is 5.62. The van der Waals surface area contributed by atoms with Crippen molar-refractivity contribution in [3.8, 4) is 0 Å². The molecule has 2 aromatic rings. The molecule has 1 saturated heterocycles. The lowest BCUT2D eigenvalue weighted by Gasteiger charge is -2.29. The van der Waals surface area contributed by atoms with Crippen molar-refractivity contribution in [2.45, 2.75) is 29.6 Å². The van der Waals surface area contributed by atoms with Crippen LogP contribution in [-0.4, -0.2) is 52.6 Å². The lowest BCUT2D eigenvalue weighted by atomic mass is 9.97. The minimum absolute atomic E-state index is 0.0143. The van der Waals surface area contributed by atoms with Crippen LogP contribution in [0.4, 0.5) is 10.5 Å². The van der Waals surface area contributed by atoms with Crippen LogP contribution >= 0.6 is 0 Å². The highest BCUT2D eigenvalue weighted by Gasteiger charge is 2.25. The Balaban J connectivity index is 1.68. The topological polar surface area (TPSA) is 133 Å². The average Bonchev–Trinajstić information content (AvgIpc) is 2.74. The van der Waals surface area contributed by atoms with E-state index in [1.165, 1.54) is 23.1 Å². The van der Waals surface area contributed by atoms with Gasteiger partial charge in [-0.1, -0.05) is 23.8 Å².